The first-order valence-corrected chi connectivity index (χ1v) is 37.9. The Morgan fingerprint density at radius 2 is 1.27 bits per heavy atom. The average Bonchev–Trinajstić information content (AvgIpc) is 1.60. The summed E-state index contributed by atoms with van der Waals surface area (Å²) in [6, 6.07) is 3.95. The highest BCUT2D eigenvalue weighted by Crippen LogP contribution is 2.66. The van der Waals surface area contributed by atoms with Gasteiger partial charge in [0.1, 0.15) is 54.6 Å². The second kappa shape index (κ2) is 42.6. The van der Waals surface area contributed by atoms with E-state index < -0.39 is 184 Å². The van der Waals surface area contributed by atoms with Crippen molar-refractivity contribution in [1.82, 2.24) is 51.2 Å². The van der Waals surface area contributed by atoms with E-state index in [1.165, 1.54) is 43.3 Å². The molecule has 106 heavy (non-hydrogen) atoms. The van der Waals surface area contributed by atoms with Crippen LogP contribution in [0.1, 0.15) is 83.4 Å². The second-order valence-corrected chi connectivity index (χ2v) is 28.8. The van der Waals surface area contributed by atoms with Gasteiger partial charge in [-0.25, -0.2) is 43.1 Å². The summed E-state index contributed by atoms with van der Waals surface area (Å²) in [6.07, 6.45) is -9.01. The van der Waals surface area contributed by atoms with Crippen molar-refractivity contribution >= 4 is 113 Å². The number of imidazole rings is 1. The van der Waals surface area contributed by atoms with E-state index in [4.69, 9.17) is 35.7 Å². The molecule has 0 bridgehead atoms. The van der Waals surface area contributed by atoms with Gasteiger partial charge < -0.3 is 96.2 Å². The molecule has 2 aromatic heterocycles. The highest BCUT2D eigenvalue weighted by Gasteiger charge is 2.48. The number of ether oxygens (including phenoxy) is 4. The summed E-state index contributed by atoms with van der Waals surface area (Å²) in [7, 11) is -21.8. The highest BCUT2D eigenvalue weighted by molar-refractivity contribution is 7.67. The minimum Gasteiger partial charge on any atom is -0.481 e. The van der Waals surface area contributed by atoms with E-state index in [1.54, 1.807) is 6.92 Å². The van der Waals surface area contributed by atoms with Crippen LogP contribution in [-0.2, 0) is 95.1 Å². The number of nitrogens with zero attached hydrogens (tertiary/aromatic N) is 10. The smallest absolute Gasteiger partial charge is 0.481 e. The summed E-state index contributed by atoms with van der Waals surface area (Å²) in [4.78, 5) is 171. The van der Waals surface area contributed by atoms with Crippen LogP contribution in [0, 0.1) is 5.92 Å². The molecule has 4 aromatic rings. The van der Waals surface area contributed by atoms with Crippen LogP contribution in [0.4, 0.5) is 23.1 Å². The molecule has 47 nitrogen and oxygen atoms in total. The highest BCUT2D eigenvalue weighted by atomic mass is 31.3. The maximum absolute atomic E-state index is 14.4. The first-order chi connectivity index (χ1) is 50.0. The molecule has 1 saturated heterocycles. The average molecular weight is 1580 g/mol. The van der Waals surface area contributed by atoms with Gasteiger partial charge in [-0.2, -0.15) is 8.62 Å². The van der Waals surface area contributed by atoms with Crippen molar-refractivity contribution in [3.63, 3.8) is 0 Å². The van der Waals surface area contributed by atoms with Gasteiger partial charge in [0, 0.05) is 79.6 Å². The van der Waals surface area contributed by atoms with Crippen LogP contribution in [0.2, 0.25) is 0 Å². The fourth-order valence-corrected chi connectivity index (χ4v) is 13.6. The van der Waals surface area contributed by atoms with Gasteiger partial charge in [0.25, 0.3) is 0 Å². The van der Waals surface area contributed by atoms with Crippen LogP contribution in [-0.4, -0.2) is 214 Å². The van der Waals surface area contributed by atoms with Crippen LogP contribution >= 0.6 is 31.2 Å². The van der Waals surface area contributed by atoms with E-state index in [2.05, 4.69) is 84.6 Å². The van der Waals surface area contributed by atoms with E-state index in [-0.39, 0.29) is 105 Å². The van der Waals surface area contributed by atoms with Crippen LogP contribution in [0.15, 0.2) is 65.1 Å². The number of nitrogens with one attached hydrogen (secondary N) is 7. The van der Waals surface area contributed by atoms with Gasteiger partial charge in [-0.15, -0.1) is 0 Å². The third-order valence-corrected chi connectivity index (χ3v) is 19.7. The monoisotopic (exact) mass is 1580 g/mol. The maximum atomic E-state index is 14.4. The van der Waals surface area contributed by atoms with Gasteiger partial charge in [-0.3, -0.25) is 52.4 Å². The lowest BCUT2D eigenvalue weighted by Crippen LogP contribution is -2.58. The number of amides is 6. The molecule has 6 amide bonds. The number of anilines is 2. The zero-order valence-electron chi connectivity index (χ0n) is 56.4. The predicted molar refractivity (Wildman–Crippen MR) is 362 cm³/mol. The molecule has 51 heteroatoms. The first-order valence-electron chi connectivity index (χ1n) is 31.8. The lowest BCUT2D eigenvalue weighted by molar-refractivity contribution is -0.144. The Kier molecular flexibility index (Phi) is 35.3. The number of aliphatic hydroxyl groups is 2. The molecule has 18 N–H and O–H groups in total. The number of hydrogen-bond donors (Lipinski definition) is 17. The summed E-state index contributed by atoms with van der Waals surface area (Å²) in [5.41, 5.74) is 24.1. The van der Waals surface area contributed by atoms with Gasteiger partial charge in [0.05, 0.1) is 33.0 Å². The molecule has 3 heterocycles. The molecule has 12 atom stereocenters. The van der Waals surface area contributed by atoms with Gasteiger partial charge >= 0.3 is 43.2 Å². The van der Waals surface area contributed by atoms with E-state index >= 15 is 0 Å². The molecular weight excluding hydrogens is 1500 g/mol. The van der Waals surface area contributed by atoms with Gasteiger partial charge in [0.2, 0.25) is 41.4 Å². The quantitative estimate of drug-likeness (QED) is 0.00982. The van der Waals surface area contributed by atoms with E-state index in [0.717, 1.165) is 23.0 Å². The SMILES string of the molecule is CCC(C)[C@H](NC(=O)[C@H](CCC(=O)O)NC(=O)[C@H](CCC(=O)Nc1ccc(N=[N+]=[N-])cc1)NC(=O)[C@H](Cc1ccc(OP(=O)(O)O)cc1)NC(=O)CCC(=O)NCCCOCCOCCOCCCNP(=O)(O)OP(=O)(O)OP(=O)(O)OC[C@H]1O[C@@H](n2c(N=[N+]=[N-])nc3c(N)ncnc32)C(O)C1O)C(=O)O. The molecule has 1 fully saturated rings. The van der Waals surface area contributed by atoms with Crippen molar-refractivity contribution in [3.05, 3.63) is 81.3 Å². The van der Waals surface area contributed by atoms with E-state index in [9.17, 15) is 102 Å². The van der Waals surface area contributed by atoms with Crippen LogP contribution in [0.25, 0.3) is 32.0 Å². The number of fused-ring (bicyclic) bond motifs is 1. The largest absolute Gasteiger partial charge is 0.524 e. The summed E-state index contributed by atoms with van der Waals surface area (Å²) in [6.45, 7) is 2.24. The number of phosphoric acid groups is 3. The summed E-state index contributed by atoms with van der Waals surface area (Å²) in [5, 5.41) is 64.3. The molecule has 2 aromatic carbocycles. The number of azide groups is 2. The fourth-order valence-electron chi connectivity index (χ4n) is 9.48. The van der Waals surface area contributed by atoms with E-state index in [0.29, 0.717) is 12.8 Å². The minimum absolute atomic E-state index is 0.0146. The molecule has 6 unspecified atom stereocenters. The molecule has 0 aliphatic carbocycles. The van der Waals surface area contributed by atoms with Gasteiger partial charge in [-0.1, -0.05) is 49.6 Å². The third kappa shape index (κ3) is 30.6. The van der Waals surface area contributed by atoms with Crippen molar-refractivity contribution in [3.8, 4) is 5.75 Å². The van der Waals surface area contributed by atoms with Gasteiger partial charge in [0.15, 0.2) is 23.2 Å². The number of rotatable bonds is 49. The van der Waals surface area contributed by atoms with Crippen LogP contribution < -0.4 is 47.2 Å². The number of aliphatic carboxylic acids is 2. The molecule has 0 radical (unpaired) electrons. The number of carboxylic acids is 2. The number of carbonyl (C=O) groups excluding carboxylic acids is 6. The number of phosphoric ester groups is 2. The van der Waals surface area contributed by atoms with Crippen LogP contribution in [0.3, 0.4) is 0 Å². The Hall–Kier alpha value is -8.71. The molecule has 0 saturated carbocycles. The second-order valence-electron chi connectivity index (χ2n) is 22.8. The Labute approximate surface area is 600 Å². The lowest BCUT2D eigenvalue weighted by Gasteiger charge is -2.27. The number of nitrogen functional groups attached to an aromatic ring is 1. The number of aliphatic hydroxyl groups excluding tert-OH is 2. The molecular formula is C55H80N18O29P4. The molecule has 1 aliphatic heterocycles. The number of benzene rings is 2. The fraction of sp³-hybridized carbons (Fsp3) is 0.545. The Bertz CT molecular complexity index is 3980. The molecule has 5 rings (SSSR count). The molecule has 584 valence electrons. The summed E-state index contributed by atoms with van der Waals surface area (Å²) >= 11 is 0. The molecule has 1 aliphatic rings. The number of hydrogen-bond acceptors (Lipinski definition) is 28. The number of carbonyl (C=O) groups is 8. The summed E-state index contributed by atoms with van der Waals surface area (Å²) in [5.74, 6) is -9.79. The number of aromatic nitrogens is 4. The first kappa shape index (κ1) is 87.9. The van der Waals surface area contributed by atoms with Gasteiger partial charge in [-0.05, 0) is 77.6 Å². The zero-order valence-corrected chi connectivity index (χ0v) is 59.9. The van der Waals surface area contributed by atoms with Crippen molar-refractivity contribution in [2.24, 2.45) is 16.1 Å². The maximum Gasteiger partial charge on any atom is 0.524 e. The summed E-state index contributed by atoms with van der Waals surface area (Å²) < 4.78 is 89.4. The predicted octanol–water partition coefficient (Wildman–Crippen LogP) is 1.65. The Morgan fingerprint density at radius 1 is 0.689 bits per heavy atom. The third-order valence-electron chi connectivity index (χ3n) is 14.8. The van der Waals surface area contributed by atoms with Crippen molar-refractivity contribution in [2.75, 3.05) is 70.4 Å². The van der Waals surface area contributed by atoms with Crippen LogP contribution in [0.5, 0.6) is 5.75 Å². The molecule has 0 spiro atoms. The lowest BCUT2D eigenvalue weighted by atomic mass is 9.98. The Balaban J connectivity index is 1.03. The number of nitrogens with two attached hydrogens (primary N) is 1. The standard InChI is InChI=1S/C55H80N18O29P4/c1-3-31(2)44(54(84)85)67-51(82)37(15-19-43(77)78)65-50(81)36(14-16-41(75)63-33-8-10-34(11-9-33)69-71-57)66-52(83)38(28-32-6-12-35(13-7-32)100-104(88,89)90)64-42(76)18-17-40(74)59-20-4-22-95-24-26-97-27-25-96-23-5-21-62-103(86,87)101-106(93,94)102-105(91,92)98-29-39-46(79)47(80)53(99-39)73-49-45(48(56)60-30-61-49)68-55(73)70-72-58/h6-13,30-31,36-39,44,46-47,53,79-80H,3-5,14-29H2,1-2H3,(H,59,74)(H,63,75)(H,64,76)(H,65,81)(H,66,83)(H,67,82)(H,77,78)(H,84,85)(H,91,92)(H,93,94)(H2,56,60,61)(H2,62,86,87)(H2,88,89,90)/t31?,36-,37-,38-,39+,44-,46?,47?,53+/m0/s1. The van der Waals surface area contributed by atoms with E-state index in [1.807, 2.05) is 5.09 Å². The minimum atomic E-state index is -5.87. The topological polar surface area (TPSA) is 712 Å². The van der Waals surface area contributed by atoms with Crippen molar-refractivity contribution in [1.29, 1.82) is 0 Å². The zero-order chi connectivity index (χ0) is 78.4. The van der Waals surface area contributed by atoms with Crippen molar-refractivity contribution in [2.45, 2.75) is 127 Å². The number of carboxylic acid groups (broad SMARTS) is 2. The normalized spacial score (nSPS) is 18.1. The van der Waals surface area contributed by atoms with Crippen molar-refractivity contribution < 1.29 is 138 Å². The Morgan fingerprint density at radius 3 is 1.87 bits per heavy atom.